The Morgan fingerprint density at radius 2 is 1.14 bits per heavy atom. The summed E-state index contributed by atoms with van der Waals surface area (Å²) < 4.78 is 21.3. The van der Waals surface area contributed by atoms with Crippen molar-refractivity contribution in [2.24, 2.45) is 0 Å². The minimum Gasteiger partial charge on any atom is -0.810 e. The van der Waals surface area contributed by atoms with E-state index in [-0.39, 0.29) is 125 Å². The number of hydrogen-bond acceptors (Lipinski definition) is 7. The fourth-order valence-electron chi connectivity index (χ4n) is 1.48. The second-order valence-electron chi connectivity index (χ2n) is 3.82. The number of hydrogen-bond donors (Lipinski definition) is 0. The van der Waals surface area contributed by atoms with E-state index in [1.165, 1.54) is 0 Å². The molecule has 7 nitrogen and oxygen atoms in total. The molecule has 0 aliphatic heterocycles. The molecular formula is C9H11NNa4O6P2. The maximum absolute atomic E-state index is 10.7. The molecule has 0 saturated carbocycles. The van der Waals surface area contributed by atoms with Crippen LogP contribution in [-0.2, 0) is 15.7 Å². The van der Waals surface area contributed by atoms with Crippen molar-refractivity contribution in [1.82, 2.24) is 4.90 Å². The van der Waals surface area contributed by atoms with Crippen molar-refractivity contribution in [3.05, 3.63) is 35.9 Å². The van der Waals surface area contributed by atoms with Crippen LogP contribution in [0.4, 0.5) is 0 Å². The summed E-state index contributed by atoms with van der Waals surface area (Å²) in [5.41, 5.74) is 0.611. The van der Waals surface area contributed by atoms with Crippen LogP contribution in [0, 0.1) is 0 Å². The smallest absolute Gasteiger partial charge is 0.810 e. The van der Waals surface area contributed by atoms with E-state index >= 15 is 0 Å². The molecule has 0 N–H and O–H groups in total. The fraction of sp³-hybridized carbons (Fsp3) is 0.333. The molecule has 0 aromatic heterocycles. The molecule has 1 rings (SSSR count). The average molecular weight is 383 g/mol. The van der Waals surface area contributed by atoms with Crippen LogP contribution in [0.5, 0.6) is 0 Å². The first-order chi connectivity index (χ1) is 8.16. The SMILES string of the molecule is O=P([O-])([O-])CN(Cc1ccccc1)CP(=O)([O-])[O-].[Na+].[Na+].[Na+].[Na+]. The maximum atomic E-state index is 10.7. The average Bonchev–Trinajstić information content (AvgIpc) is 2.13. The number of rotatable bonds is 6. The van der Waals surface area contributed by atoms with Crippen LogP contribution in [0.2, 0.25) is 0 Å². The molecule has 22 heavy (non-hydrogen) atoms. The van der Waals surface area contributed by atoms with Gasteiger partial charge in [-0.1, -0.05) is 45.5 Å². The van der Waals surface area contributed by atoms with Crippen molar-refractivity contribution in [1.29, 1.82) is 0 Å². The normalized spacial score (nSPS) is 10.6. The van der Waals surface area contributed by atoms with Crippen molar-refractivity contribution < 1.29 is 147 Å². The van der Waals surface area contributed by atoms with Crippen molar-refractivity contribution >= 4 is 15.2 Å². The summed E-state index contributed by atoms with van der Waals surface area (Å²) in [6.07, 6.45) is -1.98. The Labute approximate surface area is 218 Å². The van der Waals surface area contributed by atoms with Crippen LogP contribution in [0.3, 0.4) is 0 Å². The zero-order valence-corrected chi connectivity index (χ0v) is 23.1. The van der Waals surface area contributed by atoms with E-state index in [0.717, 1.165) is 4.90 Å². The number of nitrogens with zero attached hydrogens (tertiary/aromatic N) is 1. The molecule has 0 amide bonds. The summed E-state index contributed by atoms with van der Waals surface area (Å²) in [7, 11) is -9.84. The second-order valence-corrected chi connectivity index (χ2v) is 6.83. The van der Waals surface area contributed by atoms with Crippen molar-refractivity contribution in [3.63, 3.8) is 0 Å². The van der Waals surface area contributed by atoms with Gasteiger partial charge in [-0.2, -0.15) is 0 Å². The topological polar surface area (TPSA) is 130 Å². The third-order valence-electron chi connectivity index (χ3n) is 2.00. The first-order valence-electron chi connectivity index (χ1n) is 4.94. The molecule has 0 aliphatic rings. The van der Waals surface area contributed by atoms with E-state index in [0.29, 0.717) is 5.56 Å². The fourth-order valence-corrected chi connectivity index (χ4v) is 3.01. The zero-order chi connectivity index (χ0) is 13.8. The molecule has 0 spiro atoms. The molecule has 0 atom stereocenters. The second kappa shape index (κ2) is 15.5. The summed E-state index contributed by atoms with van der Waals surface area (Å²) in [4.78, 5) is 43.4. The predicted molar refractivity (Wildman–Crippen MR) is 56.9 cm³/mol. The van der Waals surface area contributed by atoms with E-state index in [1.807, 2.05) is 0 Å². The molecule has 0 bridgehead atoms. The molecule has 0 unspecified atom stereocenters. The van der Waals surface area contributed by atoms with Crippen LogP contribution in [0.25, 0.3) is 0 Å². The van der Waals surface area contributed by atoms with Crippen LogP contribution in [-0.4, -0.2) is 17.5 Å². The Morgan fingerprint density at radius 3 is 1.45 bits per heavy atom. The maximum Gasteiger partial charge on any atom is 1.00 e. The molecule has 0 radical (unpaired) electrons. The summed E-state index contributed by atoms with van der Waals surface area (Å²) in [5.74, 6) is 0. The van der Waals surface area contributed by atoms with Gasteiger partial charge in [-0.15, -0.1) is 0 Å². The largest absolute Gasteiger partial charge is 1.00 e. The van der Waals surface area contributed by atoms with Crippen molar-refractivity contribution in [2.75, 3.05) is 12.6 Å². The molecule has 13 heteroatoms. The summed E-state index contributed by atoms with van der Waals surface area (Å²) in [6, 6.07) is 8.35. The van der Waals surface area contributed by atoms with Gasteiger partial charge in [0.1, 0.15) is 0 Å². The van der Waals surface area contributed by atoms with E-state index < -0.39 is 27.8 Å². The monoisotopic (exact) mass is 383 g/mol. The molecule has 1 aromatic carbocycles. The van der Waals surface area contributed by atoms with Gasteiger partial charge in [-0.3, -0.25) is 4.90 Å². The van der Waals surface area contributed by atoms with Crippen molar-refractivity contribution in [3.8, 4) is 0 Å². The first kappa shape index (κ1) is 33.1. The van der Waals surface area contributed by atoms with E-state index in [1.54, 1.807) is 30.3 Å². The van der Waals surface area contributed by atoms with Crippen LogP contribution < -0.4 is 138 Å². The molecule has 0 fully saturated rings. The third kappa shape index (κ3) is 18.3. The molecule has 1 aromatic rings. The van der Waals surface area contributed by atoms with Gasteiger partial charge in [0.25, 0.3) is 0 Å². The summed E-state index contributed by atoms with van der Waals surface area (Å²) in [6.45, 7) is -0.0935. The summed E-state index contributed by atoms with van der Waals surface area (Å²) in [5, 5.41) is 0. The van der Waals surface area contributed by atoms with Gasteiger partial charge in [0.2, 0.25) is 0 Å². The van der Waals surface area contributed by atoms with Gasteiger partial charge >= 0.3 is 118 Å². The van der Waals surface area contributed by atoms with E-state index in [2.05, 4.69) is 0 Å². The minimum absolute atomic E-state index is 0. The van der Waals surface area contributed by atoms with Crippen LogP contribution in [0.15, 0.2) is 30.3 Å². The minimum atomic E-state index is -4.92. The quantitative estimate of drug-likeness (QED) is 0.352. The number of benzene rings is 1. The van der Waals surface area contributed by atoms with Crippen molar-refractivity contribution in [2.45, 2.75) is 6.54 Å². The Hall–Kier alpha value is 3.48. The Morgan fingerprint density at radius 1 is 0.773 bits per heavy atom. The molecule has 0 saturated heterocycles. The van der Waals surface area contributed by atoms with Gasteiger partial charge in [-0.25, -0.2) is 0 Å². The van der Waals surface area contributed by atoms with E-state index in [9.17, 15) is 28.7 Å². The van der Waals surface area contributed by atoms with Gasteiger partial charge < -0.3 is 28.7 Å². The Bertz CT molecular complexity index is 458. The van der Waals surface area contributed by atoms with Crippen LogP contribution in [0.1, 0.15) is 5.56 Å². The third-order valence-corrected chi connectivity index (χ3v) is 3.49. The van der Waals surface area contributed by atoms with Gasteiger partial charge in [-0.05, 0) is 5.56 Å². The van der Waals surface area contributed by atoms with E-state index in [4.69, 9.17) is 0 Å². The van der Waals surface area contributed by atoms with Gasteiger partial charge in [0.15, 0.2) is 0 Å². The first-order valence-corrected chi connectivity index (χ1v) is 8.40. The molecular weight excluding hydrogens is 372 g/mol. The molecule has 102 valence electrons. The Balaban J connectivity index is -0.000000405. The zero-order valence-electron chi connectivity index (χ0n) is 13.3. The standard InChI is InChI=1S/C9H15NO6P2.4Na/c11-17(12,13)7-10(8-18(14,15)16)6-9-4-2-1-3-5-9;;;;/h1-5H,6-8H2,(H2,11,12,13)(H2,14,15,16);;;;/q;4*+1/p-4. The van der Waals surface area contributed by atoms with Crippen LogP contribution >= 0.6 is 15.2 Å². The Kier molecular flexibility index (Phi) is 23.4. The van der Waals surface area contributed by atoms with Gasteiger partial charge in [0, 0.05) is 19.1 Å². The predicted octanol–water partition coefficient (Wildman–Crippen LogP) is -13.8. The van der Waals surface area contributed by atoms with Gasteiger partial charge in [0.05, 0.1) is 0 Å². The summed E-state index contributed by atoms with van der Waals surface area (Å²) >= 11 is 0. The molecule has 0 heterocycles. The molecule has 0 aliphatic carbocycles.